The summed E-state index contributed by atoms with van der Waals surface area (Å²) in [6, 6.07) is 6.21. The van der Waals surface area contributed by atoms with Gasteiger partial charge in [0.05, 0.1) is 6.54 Å². The molecule has 24 heavy (non-hydrogen) atoms. The third-order valence-electron chi connectivity index (χ3n) is 3.71. The smallest absolute Gasteiger partial charge is 0.320 e. The molecule has 1 aromatic carbocycles. The maximum atomic E-state index is 12.0. The lowest BCUT2D eigenvalue weighted by Crippen LogP contribution is -2.41. The van der Waals surface area contributed by atoms with Crippen molar-refractivity contribution in [3.8, 4) is 0 Å². The maximum Gasteiger partial charge on any atom is 0.320 e. The van der Waals surface area contributed by atoms with E-state index in [0.29, 0.717) is 24.1 Å². The second-order valence-electron chi connectivity index (χ2n) is 5.94. The number of anilines is 1. The van der Waals surface area contributed by atoms with E-state index in [1.807, 2.05) is 6.92 Å². The number of hydrogen-bond acceptors (Lipinski definition) is 4. The first-order chi connectivity index (χ1) is 11.5. The van der Waals surface area contributed by atoms with E-state index in [0.717, 1.165) is 12.8 Å². The maximum absolute atomic E-state index is 12.0. The summed E-state index contributed by atoms with van der Waals surface area (Å²) in [6.07, 6.45) is 3.19. The van der Waals surface area contributed by atoms with Crippen molar-refractivity contribution in [2.24, 2.45) is 0 Å². The monoisotopic (exact) mass is 333 g/mol. The molecule has 7 nitrogen and oxygen atoms in total. The number of nitrogens with one attached hydrogen (secondary N) is 3. The van der Waals surface area contributed by atoms with Crippen molar-refractivity contribution in [3.05, 3.63) is 29.8 Å². The first-order valence-corrected chi connectivity index (χ1v) is 8.16. The zero-order chi connectivity index (χ0) is 17.5. The Hall–Kier alpha value is -2.41. The van der Waals surface area contributed by atoms with Crippen LogP contribution in [0.5, 0.6) is 0 Å². The first kappa shape index (κ1) is 17.9. The van der Waals surface area contributed by atoms with Gasteiger partial charge in [0.1, 0.15) is 6.04 Å². The fourth-order valence-electron chi connectivity index (χ4n) is 2.26. The number of amides is 2. The van der Waals surface area contributed by atoms with Gasteiger partial charge in [-0.3, -0.25) is 19.7 Å². The Morgan fingerprint density at radius 1 is 1.29 bits per heavy atom. The summed E-state index contributed by atoms with van der Waals surface area (Å²) in [7, 11) is 0. The van der Waals surface area contributed by atoms with Gasteiger partial charge in [-0.05, 0) is 37.5 Å². The van der Waals surface area contributed by atoms with E-state index in [1.165, 1.54) is 0 Å². The Labute approximate surface area is 140 Å². The molecule has 1 unspecified atom stereocenters. The highest BCUT2D eigenvalue weighted by molar-refractivity contribution is 5.97. The Bertz CT molecular complexity index is 614. The van der Waals surface area contributed by atoms with Crippen LogP contribution < -0.4 is 16.0 Å². The lowest BCUT2D eigenvalue weighted by molar-refractivity contribution is -0.139. The standard InChI is InChI=1S/C17H23N3O4/c1-2-4-14(17(23)24)18-10-15(21)19-13-6-3-5-11(9-13)16(22)20-12-7-8-12/h3,5-6,9,12,14,18H,2,4,7-8,10H2,1H3,(H,19,21)(H,20,22)(H,23,24). The van der Waals surface area contributed by atoms with Crippen LogP contribution in [0.25, 0.3) is 0 Å². The highest BCUT2D eigenvalue weighted by Crippen LogP contribution is 2.20. The number of aliphatic carboxylic acids is 1. The summed E-state index contributed by atoms with van der Waals surface area (Å²) < 4.78 is 0. The molecule has 0 heterocycles. The highest BCUT2D eigenvalue weighted by Gasteiger charge is 2.23. The largest absolute Gasteiger partial charge is 0.480 e. The van der Waals surface area contributed by atoms with Crippen LogP contribution in [-0.4, -0.2) is 41.5 Å². The summed E-state index contributed by atoms with van der Waals surface area (Å²) in [5.41, 5.74) is 0.995. The van der Waals surface area contributed by atoms with Gasteiger partial charge in [-0.2, -0.15) is 0 Å². The van der Waals surface area contributed by atoms with Crippen LogP contribution >= 0.6 is 0 Å². The van der Waals surface area contributed by atoms with Gasteiger partial charge >= 0.3 is 5.97 Å². The van der Waals surface area contributed by atoms with Crippen molar-refractivity contribution in [3.63, 3.8) is 0 Å². The molecule has 1 aliphatic rings. The lowest BCUT2D eigenvalue weighted by atomic mass is 10.1. The van der Waals surface area contributed by atoms with Crippen molar-refractivity contribution in [1.29, 1.82) is 0 Å². The number of carboxylic acid groups (broad SMARTS) is 1. The Morgan fingerprint density at radius 2 is 2.04 bits per heavy atom. The molecular weight excluding hydrogens is 310 g/mol. The van der Waals surface area contributed by atoms with E-state index in [2.05, 4.69) is 16.0 Å². The van der Waals surface area contributed by atoms with Crippen molar-refractivity contribution >= 4 is 23.5 Å². The van der Waals surface area contributed by atoms with Gasteiger partial charge < -0.3 is 15.7 Å². The molecule has 0 spiro atoms. The number of carbonyl (C=O) groups excluding carboxylic acids is 2. The molecule has 2 amide bonds. The van der Waals surface area contributed by atoms with Crippen molar-refractivity contribution in [2.75, 3.05) is 11.9 Å². The molecule has 1 fully saturated rings. The molecule has 0 saturated heterocycles. The predicted molar refractivity (Wildman–Crippen MR) is 89.9 cm³/mol. The van der Waals surface area contributed by atoms with Crippen LogP contribution in [0.1, 0.15) is 43.0 Å². The van der Waals surface area contributed by atoms with Gasteiger partial charge in [0.25, 0.3) is 5.91 Å². The molecule has 0 aromatic heterocycles. The lowest BCUT2D eigenvalue weighted by Gasteiger charge is -2.13. The molecule has 1 aliphatic carbocycles. The number of hydrogen-bond donors (Lipinski definition) is 4. The van der Waals surface area contributed by atoms with E-state index in [9.17, 15) is 14.4 Å². The van der Waals surface area contributed by atoms with Gasteiger partial charge in [-0.1, -0.05) is 19.4 Å². The molecule has 2 rings (SSSR count). The van der Waals surface area contributed by atoms with Crippen LogP contribution in [0, 0.1) is 0 Å². The summed E-state index contributed by atoms with van der Waals surface area (Å²) in [6.45, 7) is 1.78. The van der Waals surface area contributed by atoms with Gasteiger partial charge in [-0.15, -0.1) is 0 Å². The molecule has 130 valence electrons. The summed E-state index contributed by atoms with van der Waals surface area (Å²) in [5.74, 6) is -1.47. The summed E-state index contributed by atoms with van der Waals surface area (Å²) in [4.78, 5) is 35.0. The molecule has 1 aromatic rings. The van der Waals surface area contributed by atoms with Crippen molar-refractivity contribution in [1.82, 2.24) is 10.6 Å². The Morgan fingerprint density at radius 3 is 2.67 bits per heavy atom. The number of rotatable bonds is 9. The van der Waals surface area contributed by atoms with Crippen molar-refractivity contribution < 1.29 is 19.5 Å². The van der Waals surface area contributed by atoms with Crippen LogP contribution in [0.3, 0.4) is 0 Å². The normalized spacial score (nSPS) is 14.7. The third kappa shape index (κ3) is 5.66. The molecule has 1 saturated carbocycles. The van der Waals surface area contributed by atoms with Gasteiger partial charge in [0.2, 0.25) is 5.91 Å². The van der Waals surface area contributed by atoms with Crippen molar-refractivity contribution in [2.45, 2.75) is 44.7 Å². The fraction of sp³-hybridized carbons (Fsp3) is 0.471. The minimum Gasteiger partial charge on any atom is -0.480 e. The molecule has 4 N–H and O–H groups in total. The summed E-state index contributed by atoms with van der Waals surface area (Å²) in [5, 5.41) is 17.3. The third-order valence-corrected chi connectivity index (χ3v) is 3.71. The second kappa shape index (κ2) is 8.44. The van der Waals surface area contributed by atoms with Crippen LogP contribution in [0.15, 0.2) is 24.3 Å². The average molecular weight is 333 g/mol. The Kier molecular flexibility index (Phi) is 6.31. The second-order valence-corrected chi connectivity index (χ2v) is 5.94. The number of carboxylic acids is 1. The zero-order valence-corrected chi connectivity index (χ0v) is 13.7. The minimum absolute atomic E-state index is 0.102. The van der Waals surface area contributed by atoms with E-state index in [4.69, 9.17) is 5.11 Å². The minimum atomic E-state index is -0.969. The van der Waals surface area contributed by atoms with Crippen LogP contribution in [-0.2, 0) is 9.59 Å². The quantitative estimate of drug-likeness (QED) is 0.546. The Balaban J connectivity index is 1.86. The molecule has 0 bridgehead atoms. The first-order valence-electron chi connectivity index (χ1n) is 8.16. The summed E-state index contributed by atoms with van der Waals surface area (Å²) >= 11 is 0. The van der Waals surface area contributed by atoms with E-state index in [-0.39, 0.29) is 24.4 Å². The highest BCUT2D eigenvalue weighted by atomic mass is 16.4. The van der Waals surface area contributed by atoms with Gasteiger partial charge in [0, 0.05) is 17.3 Å². The molecule has 1 atom stereocenters. The van der Waals surface area contributed by atoms with E-state index in [1.54, 1.807) is 24.3 Å². The van der Waals surface area contributed by atoms with E-state index >= 15 is 0 Å². The van der Waals surface area contributed by atoms with Crippen LogP contribution in [0.2, 0.25) is 0 Å². The number of carbonyl (C=O) groups is 3. The van der Waals surface area contributed by atoms with Gasteiger partial charge in [0.15, 0.2) is 0 Å². The topological polar surface area (TPSA) is 108 Å². The predicted octanol–water partition coefficient (Wildman–Crippen LogP) is 1.36. The fourth-order valence-corrected chi connectivity index (χ4v) is 2.26. The zero-order valence-electron chi connectivity index (χ0n) is 13.7. The van der Waals surface area contributed by atoms with E-state index < -0.39 is 12.0 Å². The average Bonchev–Trinajstić information content (AvgIpc) is 3.35. The van der Waals surface area contributed by atoms with Gasteiger partial charge in [-0.25, -0.2) is 0 Å². The molecule has 7 heteroatoms. The molecule has 0 radical (unpaired) electrons. The molecule has 0 aliphatic heterocycles. The SMILES string of the molecule is CCCC(NCC(=O)Nc1cccc(C(=O)NC2CC2)c1)C(=O)O. The molecular formula is C17H23N3O4. The number of benzene rings is 1. The van der Waals surface area contributed by atoms with Crippen LogP contribution in [0.4, 0.5) is 5.69 Å².